The third kappa shape index (κ3) is 4.09. The van der Waals surface area contributed by atoms with Crippen molar-refractivity contribution in [3.05, 3.63) is 29.3 Å². The van der Waals surface area contributed by atoms with Gasteiger partial charge in [-0.05, 0) is 32.4 Å². The highest BCUT2D eigenvalue weighted by Gasteiger charge is 2.32. The van der Waals surface area contributed by atoms with E-state index in [-0.39, 0.29) is 11.9 Å². The highest BCUT2D eigenvalue weighted by atomic mass is 35.5. The maximum Gasteiger partial charge on any atom is 0.405 e. The summed E-state index contributed by atoms with van der Waals surface area (Å²) in [6.07, 6.45) is -4.22. The van der Waals surface area contributed by atoms with Gasteiger partial charge in [0.1, 0.15) is 6.54 Å². The SMILES string of the molecule is Cc1ccc(N(CC(F)(F)F)C(C)C)c(CCl)c1. The molecule has 0 spiro atoms. The van der Waals surface area contributed by atoms with Crippen molar-refractivity contribution < 1.29 is 13.2 Å². The Balaban J connectivity index is 3.13. The van der Waals surface area contributed by atoms with Crippen molar-refractivity contribution in [2.24, 2.45) is 0 Å². The first-order valence-electron chi connectivity index (χ1n) is 5.73. The minimum Gasteiger partial charge on any atom is -0.360 e. The fourth-order valence-corrected chi connectivity index (χ4v) is 2.05. The van der Waals surface area contributed by atoms with Gasteiger partial charge < -0.3 is 4.90 Å². The zero-order valence-electron chi connectivity index (χ0n) is 10.7. The van der Waals surface area contributed by atoms with Crippen LogP contribution in [0.5, 0.6) is 0 Å². The van der Waals surface area contributed by atoms with E-state index in [1.54, 1.807) is 26.0 Å². The van der Waals surface area contributed by atoms with Gasteiger partial charge in [0.05, 0.1) is 0 Å². The molecular formula is C13H17ClF3N. The minimum atomic E-state index is -4.22. The molecule has 0 heterocycles. The summed E-state index contributed by atoms with van der Waals surface area (Å²) in [7, 11) is 0. The van der Waals surface area contributed by atoms with Gasteiger partial charge in [0.15, 0.2) is 0 Å². The number of nitrogens with zero attached hydrogens (tertiary/aromatic N) is 1. The van der Waals surface area contributed by atoms with E-state index in [1.807, 2.05) is 13.0 Å². The third-order valence-electron chi connectivity index (χ3n) is 2.66. The summed E-state index contributed by atoms with van der Waals surface area (Å²) in [6.45, 7) is 4.41. The number of rotatable bonds is 4. The zero-order chi connectivity index (χ0) is 13.9. The molecular weight excluding hydrogens is 263 g/mol. The fourth-order valence-electron chi connectivity index (χ4n) is 1.84. The summed E-state index contributed by atoms with van der Waals surface area (Å²) in [6, 6.07) is 5.10. The van der Waals surface area contributed by atoms with Gasteiger partial charge >= 0.3 is 6.18 Å². The van der Waals surface area contributed by atoms with Crippen LogP contribution >= 0.6 is 11.6 Å². The minimum absolute atomic E-state index is 0.206. The van der Waals surface area contributed by atoms with Gasteiger partial charge in [0, 0.05) is 17.6 Å². The Hall–Kier alpha value is -0.900. The largest absolute Gasteiger partial charge is 0.405 e. The smallest absolute Gasteiger partial charge is 0.360 e. The molecule has 0 amide bonds. The van der Waals surface area contributed by atoms with Gasteiger partial charge in [0.2, 0.25) is 0 Å². The molecule has 0 aliphatic carbocycles. The third-order valence-corrected chi connectivity index (χ3v) is 2.95. The molecule has 0 fully saturated rings. The van der Waals surface area contributed by atoms with Crippen LogP contribution in [-0.4, -0.2) is 18.8 Å². The van der Waals surface area contributed by atoms with Gasteiger partial charge in [-0.25, -0.2) is 0 Å². The molecule has 0 aliphatic rings. The number of alkyl halides is 4. The first-order chi connectivity index (χ1) is 8.24. The quantitative estimate of drug-likeness (QED) is 0.733. The number of anilines is 1. The van der Waals surface area contributed by atoms with Gasteiger partial charge in [-0.1, -0.05) is 17.7 Å². The van der Waals surface area contributed by atoms with E-state index in [1.165, 1.54) is 4.90 Å². The molecule has 0 aliphatic heterocycles. The molecule has 0 bridgehead atoms. The van der Waals surface area contributed by atoms with Crippen molar-refractivity contribution >= 4 is 17.3 Å². The molecule has 0 aromatic heterocycles. The monoisotopic (exact) mass is 279 g/mol. The Kier molecular flexibility index (Phi) is 4.91. The summed E-state index contributed by atoms with van der Waals surface area (Å²) in [5, 5.41) is 0. The van der Waals surface area contributed by atoms with Crippen molar-refractivity contribution in [1.29, 1.82) is 0 Å². The van der Waals surface area contributed by atoms with E-state index in [2.05, 4.69) is 0 Å². The van der Waals surface area contributed by atoms with Gasteiger partial charge in [0.25, 0.3) is 0 Å². The molecule has 0 radical (unpaired) electrons. The lowest BCUT2D eigenvalue weighted by Crippen LogP contribution is -2.39. The number of benzene rings is 1. The average molecular weight is 280 g/mol. The Labute approximate surface area is 111 Å². The predicted molar refractivity (Wildman–Crippen MR) is 69.3 cm³/mol. The van der Waals surface area contributed by atoms with Crippen LogP contribution in [0.25, 0.3) is 0 Å². The lowest BCUT2D eigenvalue weighted by molar-refractivity contribution is -0.120. The highest BCUT2D eigenvalue weighted by molar-refractivity contribution is 6.17. The number of aryl methyl sites for hydroxylation is 1. The van der Waals surface area contributed by atoms with Crippen LogP contribution in [0.3, 0.4) is 0 Å². The lowest BCUT2D eigenvalue weighted by Gasteiger charge is -2.31. The van der Waals surface area contributed by atoms with Crippen LogP contribution in [-0.2, 0) is 5.88 Å². The zero-order valence-corrected chi connectivity index (χ0v) is 11.4. The van der Waals surface area contributed by atoms with Crippen LogP contribution in [0.1, 0.15) is 25.0 Å². The van der Waals surface area contributed by atoms with E-state index < -0.39 is 12.7 Å². The van der Waals surface area contributed by atoms with Crippen molar-refractivity contribution in [3.63, 3.8) is 0 Å². The summed E-state index contributed by atoms with van der Waals surface area (Å²) >= 11 is 5.82. The number of halogens is 4. The normalized spacial score (nSPS) is 12.0. The van der Waals surface area contributed by atoms with E-state index in [9.17, 15) is 13.2 Å². The predicted octanol–water partition coefficient (Wildman–Crippen LogP) is 4.51. The second-order valence-corrected chi connectivity index (χ2v) is 4.87. The first kappa shape index (κ1) is 15.2. The Morgan fingerprint density at radius 1 is 1.28 bits per heavy atom. The Bertz CT molecular complexity index is 402. The standard InChI is InChI=1S/C13H17ClF3N/c1-9(2)18(8-13(15,16)17)12-5-4-10(3)6-11(12)7-14/h4-6,9H,7-8H2,1-3H3. The summed E-state index contributed by atoms with van der Waals surface area (Å²) < 4.78 is 37.8. The van der Waals surface area contributed by atoms with Gasteiger partial charge in [-0.15, -0.1) is 11.6 Å². The van der Waals surface area contributed by atoms with Crippen LogP contribution in [0.15, 0.2) is 18.2 Å². The molecule has 1 nitrogen and oxygen atoms in total. The second kappa shape index (κ2) is 5.83. The van der Waals surface area contributed by atoms with E-state index >= 15 is 0 Å². The molecule has 0 saturated carbocycles. The average Bonchev–Trinajstić information content (AvgIpc) is 2.24. The molecule has 1 aromatic rings. The number of hydrogen-bond acceptors (Lipinski definition) is 1. The van der Waals surface area contributed by atoms with Crippen molar-refractivity contribution in [3.8, 4) is 0 Å². The molecule has 102 valence electrons. The van der Waals surface area contributed by atoms with Crippen LogP contribution in [0, 0.1) is 6.92 Å². The summed E-state index contributed by atoms with van der Waals surface area (Å²) in [5.74, 6) is 0.206. The topological polar surface area (TPSA) is 3.24 Å². The lowest BCUT2D eigenvalue weighted by atomic mass is 10.1. The highest BCUT2D eigenvalue weighted by Crippen LogP contribution is 2.29. The molecule has 0 atom stereocenters. The maximum absolute atomic E-state index is 12.6. The summed E-state index contributed by atoms with van der Waals surface area (Å²) in [5.41, 5.74) is 2.28. The van der Waals surface area contributed by atoms with Gasteiger partial charge in [-0.2, -0.15) is 13.2 Å². The van der Waals surface area contributed by atoms with Crippen molar-refractivity contribution in [2.45, 2.75) is 38.9 Å². The molecule has 1 aromatic carbocycles. The first-order valence-corrected chi connectivity index (χ1v) is 6.27. The molecule has 5 heteroatoms. The number of hydrogen-bond donors (Lipinski definition) is 0. The fraction of sp³-hybridized carbons (Fsp3) is 0.538. The van der Waals surface area contributed by atoms with Crippen molar-refractivity contribution in [1.82, 2.24) is 0 Å². The van der Waals surface area contributed by atoms with E-state index in [4.69, 9.17) is 11.6 Å². The Morgan fingerprint density at radius 3 is 2.33 bits per heavy atom. The molecule has 0 unspecified atom stereocenters. The van der Waals surface area contributed by atoms with Crippen LogP contribution < -0.4 is 4.90 Å². The summed E-state index contributed by atoms with van der Waals surface area (Å²) in [4.78, 5) is 1.33. The van der Waals surface area contributed by atoms with Gasteiger partial charge in [-0.3, -0.25) is 0 Å². The second-order valence-electron chi connectivity index (χ2n) is 4.60. The van der Waals surface area contributed by atoms with Crippen molar-refractivity contribution in [2.75, 3.05) is 11.4 Å². The van der Waals surface area contributed by atoms with E-state index in [0.29, 0.717) is 5.69 Å². The molecule has 1 rings (SSSR count). The molecule has 0 saturated heterocycles. The maximum atomic E-state index is 12.6. The van der Waals surface area contributed by atoms with E-state index in [0.717, 1.165) is 11.1 Å². The van der Waals surface area contributed by atoms with Crippen LogP contribution in [0.2, 0.25) is 0 Å². The van der Waals surface area contributed by atoms with Crippen LogP contribution in [0.4, 0.5) is 18.9 Å². The molecule has 0 N–H and O–H groups in total. The molecule has 18 heavy (non-hydrogen) atoms. The Morgan fingerprint density at radius 2 is 1.89 bits per heavy atom.